The molecule has 1 aliphatic rings. The van der Waals surface area contributed by atoms with Gasteiger partial charge in [-0.25, -0.2) is 9.97 Å². The van der Waals surface area contributed by atoms with Gasteiger partial charge in [0.2, 0.25) is 5.91 Å². The van der Waals surface area contributed by atoms with Gasteiger partial charge < -0.3 is 5.32 Å². The van der Waals surface area contributed by atoms with Crippen molar-refractivity contribution in [2.75, 3.05) is 11.1 Å². The van der Waals surface area contributed by atoms with Gasteiger partial charge in [-0.1, -0.05) is 27.7 Å². The molecule has 7 heteroatoms. The Morgan fingerprint density at radius 2 is 2.13 bits per heavy atom. The number of hydrogen-bond donors (Lipinski definition) is 1. The van der Waals surface area contributed by atoms with Crippen molar-refractivity contribution >= 4 is 55.2 Å². The van der Waals surface area contributed by atoms with Crippen LogP contribution >= 0.6 is 43.6 Å². The number of nitrogens with one attached hydrogen (secondary N) is 1. The lowest BCUT2D eigenvalue weighted by Crippen LogP contribution is -2.15. The monoisotopic (exact) mass is 455 g/mol. The minimum absolute atomic E-state index is 0.0736. The quantitative estimate of drug-likeness (QED) is 0.542. The van der Waals surface area contributed by atoms with E-state index in [0.717, 1.165) is 45.3 Å². The Kier molecular flexibility index (Phi) is 5.38. The number of thioether (sulfide) groups is 1. The second-order valence-electron chi connectivity index (χ2n) is 5.33. The Labute approximate surface area is 156 Å². The van der Waals surface area contributed by atoms with E-state index >= 15 is 0 Å². The van der Waals surface area contributed by atoms with E-state index in [1.54, 1.807) is 0 Å². The minimum atomic E-state index is -0.0736. The highest BCUT2D eigenvalue weighted by Crippen LogP contribution is 2.27. The molecule has 0 saturated heterocycles. The van der Waals surface area contributed by atoms with E-state index in [1.807, 2.05) is 25.1 Å². The molecule has 0 saturated carbocycles. The number of hydrogen-bond acceptors (Lipinski definition) is 4. The van der Waals surface area contributed by atoms with E-state index in [2.05, 4.69) is 47.1 Å². The topological polar surface area (TPSA) is 54.9 Å². The third-order valence-corrected chi connectivity index (χ3v) is 5.69. The third kappa shape index (κ3) is 4.14. The van der Waals surface area contributed by atoms with Crippen molar-refractivity contribution in [1.82, 2.24) is 9.97 Å². The van der Waals surface area contributed by atoms with Crippen molar-refractivity contribution in [2.24, 2.45) is 0 Å². The molecule has 120 valence electrons. The number of carbonyl (C=O) groups excluding carboxylic acids is 1. The number of carbonyl (C=O) groups is 1. The first-order chi connectivity index (χ1) is 11.0. The Hall–Kier alpha value is -0.920. The van der Waals surface area contributed by atoms with Gasteiger partial charge in [-0.15, -0.1) is 0 Å². The van der Waals surface area contributed by atoms with Gasteiger partial charge in [0.1, 0.15) is 0 Å². The van der Waals surface area contributed by atoms with E-state index in [4.69, 9.17) is 0 Å². The van der Waals surface area contributed by atoms with Crippen LogP contribution in [0, 0.1) is 6.92 Å². The lowest BCUT2D eigenvalue weighted by Gasteiger charge is -2.09. The van der Waals surface area contributed by atoms with Crippen LogP contribution in [0.4, 0.5) is 5.69 Å². The summed E-state index contributed by atoms with van der Waals surface area (Å²) in [6.07, 6.45) is 3.24. The highest BCUT2D eigenvalue weighted by molar-refractivity contribution is 9.11. The average molecular weight is 457 g/mol. The minimum Gasteiger partial charge on any atom is -0.324 e. The van der Waals surface area contributed by atoms with Crippen LogP contribution in [-0.4, -0.2) is 21.6 Å². The summed E-state index contributed by atoms with van der Waals surface area (Å²) in [5.74, 6) is 0.215. The number of aryl methyl sites for hydroxylation is 2. The van der Waals surface area contributed by atoms with Gasteiger partial charge >= 0.3 is 0 Å². The molecule has 23 heavy (non-hydrogen) atoms. The van der Waals surface area contributed by atoms with E-state index in [0.29, 0.717) is 5.16 Å². The molecule has 1 aliphatic carbocycles. The molecule has 4 nitrogen and oxygen atoms in total. The Morgan fingerprint density at radius 1 is 1.30 bits per heavy atom. The molecule has 0 fully saturated rings. The lowest BCUT2D eigenvalue weighted by atomic mass is 10.2. The molecular formula is C16H15Br2N3OS. The van der Waals surface area contributed by atoms with Gasteiger partial charge in [-0.3, -0.25) is 4.79 Å². The van der Waals surface area contributed by atoms with Crippen LogP contribution in [0.25, 0.3) is 0 Å². The van der Waals surface area contributed by atoms with E-state index in [1.165, 1.54) is 17.3 Å². The summed E-state index contributed by atoms with van der Waals surface area (Å²) >= 11 is 8.21. The molecule has 2 aromatic rings. The Morgan fingerprint density at radius 3 is 2.96 bits per heavy atom. The molecule has 0 bridgehead atoms. The number of halogens is 2. The zero-order chi connectivity index (χ0) is 16.4. The van der Waals surface area contributed by atoms with Crippen molar-refractivity contribution in [3.05, 3.63) is 44.1 Å². The predicted molar refractivity (Wildman–Crippen MR) is 100.0 cm³/mol. The summed E-state index contributed by atoms with van der Waals surface area (Å²) in [6.45, 7) is 2.02. The first kappa shape index (κ1) is 16.9. The molecule has 0 spiro atoms. The average Bonchev–Trinajstić information content (AvgIpc) is 2.98. The fraction of sp³-hybridized carbons (Fsp3) is 0.312. The molecule has 0 atom stereocenters. The lowest BCUT2D eigenvalue weighted by molar-refractivity contribution is -0.113. The number of rotatable bonds is 4. The van der Waals surface area contributed by atoms with Crippen LogP contribution < -0.4 is 5.32 Å². The van der Waals surface area contributed by atoms with Gasteiger partial charge in [0.15, 0.2) is 5.16 Å². The van der Waals surface area contributed by atoms with E-state index < -0.39 is 0 Å². The van der Waals surface area contributed by atoms with E-state index in [9.17, 15) is 4.79 Å². The normalized spacial score (nSPS) is 13.0. The molecule has 1 amide bonds. The van der Waals surface area contributed by atoms with Crippen molar-refractivity contribution < 1.29 is 4.79 Å². The van der Waals surface area contributed by atoms with Crippen molar-refractivity contribution in [3.8, 4) is 0 Å². The van der Waals surface area contributed by atoms with Crippen LogP contribution in [0.5, 0.6) is 0 Å². The van der Waals surface area contributed by atoms with Gasteiger partial charge in [0.25, 0.3) is 0 Å². The fourth-order valence-electron chi connectivity index (χ4n) is 2.57. The van der Waals surface area contributed by atoms with Gasteiger partial charge in [0, 0.05) is 20.3 Å². The maximum atomic E-state index is 12.1. The summed E-state index contributed by atoms with van der Waals surface area (Å²) < 4.78 is 1.77. The maximum Gasteiger partial charge on any atom is 0.234 e. The van der Waals surface area contributed by atoms with Crippen LogP contribution in [0.1, 0.15) is 23.4 Å². The standard InChI is InChI=1S/C16H15Br2N3OS/c1-9-11-3-2-4-13(11)21-16(19-9)23-8-15(22)20-14-7-10(17)5-6-12(14)18/h5-7H,2-4,8H2,1H3,(H,20,22). The summed E-state index contributed by atoms with van der Waals surface area (Å²) in [4.78, 5) is 21.2. The summed E-state index contributed by atoms with van der Waals surface area (Å²) in [7, 11) is 0. The van der Waals surface area contributed by atoms with Crippen molar-refractivity contribution in [2.45, 2.75) is 31.3 Å². The zero-order valence-corrected chi connectivity index (χ0v) is 16.5. The summed E-state index contributed by atoms with van der Waals surface area (Å²) in [5, 5.41) is 3.58. The first-order valence-electron chi connectivity index (χ1n) is 7.27. The van der Waals surface area contributed by atoms with Crippen LogP contribution in [0.3, 0.4) is 0 Å². The highest BCUT2D eigenvalue weighted by Gasteiger charge is 2.17. The first-order valence-corrected chi connectivity index (χ1v) is 9.84. The molecule has 1 N–H and O–H groups in total. The van der Waals surface area contributed by atoms with Crippen molar-refractivity contribution in [1.29, 1.82) is 0 Å². The Balaban J connectivity index is 1.63. The zero-order valence-electron chi connectivity index (χ0n) is 12.5. The second-order valence-corrected chi connectivity index (χ2v) is 8.04. The largest absolute Gasteiger partial charge is 0.324 e. The predicted octanol–water partition coefficient (Wildman–Crippen LogP) is 4.53. The fourth-order valence-corrected chi connectivity index (χ4v) is 3.98. The Bertz CT molecular complexity index is 767. The molecular weight excluding hydrogens is 442 g/mol. The highest BCUT2D eigenvalue weighted by atomic mass is 79.9. The number of amides is 1. The number of fused-ring (bicyclic) bond motifs is 1. The van der Waals surface area contributed by atoms with Crippen LogP contribution in [0.15, 0.2) is 32.3 Å². The smallest absolute Gasteiger partial charge is 0.234 e. The molecule has 1 heterocycles. The molecule has 1 aromatic carbocycles. The number of benzene rings is 1. The molecule has 3 rings (SSSR count). The third-order valence-electron chi connectivity index (χ3n) is 3.65. The molecule has 0 unspecified atom stereocenters. The van der Waals surface area contributed by atoms with Crippen molar-refractivity contribution in [3.63, 3.8) is 0 Å². The number of anilines is 1. The molecule has 0 radical (unpaired) electrons. The summed E-state index contributed by atoms with van der Waals surface area (Å²) in [5.41, 5.74) is 4.23. The molecule has 1 aromatic heterocycles. The van der Waals surface area contributed by atoms with Gasteiger partial charge in [-0.2, -0.15) is 0 Å². The number of nitrogens with zero attached hydrogens (tertiary/aromatic N) is 2. The number of aromatic nitrogens is 2. The van der Waals surface area contributed by atoms with E-state index in [-0.39, 0.29) is 11.7 Å². The van der Waals surface area contributed by atoms with Crippen LogP contribution in [-0.2, 0) is 17.6 Å². The van der Waals surface area contributed by atoms with Crippen LogP contribution in [0.2, 0.25) is 0 Å². The van der Waals surface area contributed by atoms with Gasteiger partial charge in [0.05, 0.1) is 11.4 Å². The summed E-state index contributed by atoms with van der Waals surface area (Å²) in [6, 6.07) is 5.66. The second kappa shape index (κ2) is 7.32. The SMILES string of the molecule is Cc1nc(SCC(=O)Nc2cc(Br)ccc2Br)nc2c1CCC2. The maximum absolute atomic E-state index is 12.1. The molecule has 0 aliphatic heterocycles. The van der Waals surface area contributed by atoms with Gasteiger partial charge in [-0.05, 0) is 65.9 Å².